The highest BCUT2D eigenvalue weighted by atomic mass is 16.7. The van der Waals surface area contributed by atoms with Crippen molar-refractivity contribution in [2.24, 2.45) is 0 Å². The minimum atomic E-state index is -0.475. The molecule has 0 aliphatic carbocycles. The van der Waals surface area contributed by atoms with Crippen molar-refractivity contribution in [2.45, 2.75) is 64.9 Å². The van der Waals surface area contributed by atoms with Crippen LogP contribution in [0.5, 0.6) is 0 Å². The second-order valence-corrected chi connectivity index (χ2v) is 5.68. The Labute approximate surface area is 109 Å². The average molecular weight is 259 g/mol. The summed E-state index contributed by atoms with van der Waals surface area (Å²) in [5.41, 5.74) is -0.475. The van der Waals surface area contributed by atoms with Crippen LogP contribution in [-0.4, -0.2) is 37.2 Å². The van der Waals surface area contributed by atoms with Crippen LogP contribution in [0.15, 0.2) is 0 Å². The highest BCUT2D eigenvalue weighted by Gasteiger charge is 2.19. The van der Waals surface area contributed by atoms with Crippen molar-refractivity contribution in [1.29, 1.82) is 0 Å². The molecule has 1 fully saturated rings. The Kier molecular flexibility index (Phi) is 5.88. The summed E-state index contributed by atoms with van der Waals surface area (Å²) in [4.78, 5) is 11.5. The SMILES string of the molecule is C[C@@H](COC1CCCCO1)NC(=O)OC(C)(C)C. The van der Waals surface area contributed by atoms with Gasteiger partial charge >= 0.3 is 6.09 Å². The topological polar surface area (TPSA) is 56.8 Å². The molecule has 1 rings (SSSR count). The molecule has 0 radical (unpaired) electrons. The van der Waals surface area contributed by atoms with Crippen LogP contribution in [0, 0.1) is 0 Å². The minimum Gasteiger partial charge on any atom is -0.444 e. The smallest absolute Gasteiger partial charge is 0.407 e. The zero-order chi connectivity index (χ0) is 13.6. The predicted molar refractivity (Wildman–Crippen MR) is 68.4 cm³/mol. The number of nitrogens with one attached hydrogen (secondary N) is 1. The number of hydrogen-bond acceptors (Lipinski definition) is 4. The predicted octanol–water partition coefficient (Wildman–Crippen LogP) is 2.44. The molecular weight excluding hydrogens is 234 g/mol. The second-order valence-electron chi connectivity index (χ2n) is 5.68. The van der Waals surface area contributed by atoms with E-state index in [2.05, 4.69) is 5.32 Å². The fraction of sp³-hybridized carbons (Fsp3) is 0.923. The van der Waals surface area contributed by atoms with Crippen LogP contribution in [0.25, 0.3) is 0 Å². The normalized spacial score (nSPS) is 22.3. The van der Waals surface area contributed by atoms with Crippen molar-refractivity contribution in [2.75, 3.05) is 13.2 Å². The lowest BCUT2D eigenvalue weighted by atomic mass is 10.2. The van der Waals surface area contributed by atoms with Crippen LogP contribution in [-0.2, 0) is 14.2 Å². The number of hydrogen-bond donors (Lipinski definition) is 1. The largest absolute Gasteiger partial charge is 0.444 e. The molecule has 106 valence electrons. The molecule has 0 bridgehead atoms. The molecule has 5 nitrogen and oxygen atoms in total. The lowest BCUT2D eigenvalue weighted by Crippen LogP contribution is -2.40. The Morgan fingerprint density at radius 1 is 1.44 bits per heavy atom. The standard InChI is InChI=1S/C13H25NO4/c1-10(14-12(15)18-13(2,3)4)9-17-11-7-5-6-8-16-11/h10-11H,5-9H2,1-4H3,(H,14,15)/t10-,11?/m0/s1. The van der Waals surface area contributed by atoms with E-state index in [-0.39, 0.29) is 12.3 Å². The Balaban J connectivity index is 2.16. The lowest BCUT2D eigenvalue weighted by Gasteiger charge is -2.25. The quantitative estimate of drug-likeness (QED) is 0.842. The molecule has 2 atom stereocenters. The zero-order valence-corrected chi connectivity index (χ0v) is 11.8. The summed E-state index contributed by atoms with van der Waals surface area (Å²) < 4.78 is 16.2. The monoisotopic (exact) mass is 259 g/mol. The van der Waals surface area contributed by atoms with Crippen LogP contribution in [0.3, 0.4) is 0 Å². The Morgan fingerprint density at radius 2 is 2.17 bits per heavy atom. The van der Waals surface area contributed by atoms with E-state index in [0.717, 1.165) is 25.9 Å². The highest BCUT2D eigenvalue weighted by molar-refractivity contribution is 5.68. The lowest BCUT2D eigenvalue weighted by molar-refractivity contribution is -0.165. The van der Waals surface area contributed by atoms with E-state index in [1.165, 1.54) is 0 Å². The molecule has 0 aromatic rings. The number of amides is 1. The molecule has 1 amide bonds. The van der Waals surface area contributed by atoms with Crippen molar-refractivity contribution in [3.63, 3.8) is 0 Å². The average Bonchev–Trinajstić information content (AvgIpc) is 2.25. The van der Waals surface area contributed by atoms with Gasteiger partial charge in [0.2, 0.25) is 0 Å². The van der Waals surface area contributed by atoms with Crippen LogP contribution in [0.4, 0.5) is 4.79 Å². The van der Waals surface area contributed by atoms with Crippen LogP contribution in [0.2, 0.25) is 0 Å². The summed E-state index contributed by atoms with van der Waals surface area (Å²) in [5, 5.41) is 2.73. The van der Waals surface area contributed by atoms with E-state index >= 15 is 0 Å². The second kappa shape index (κ2) is 6.95. The summed E-state index contributed by atoms with van der Waals surface area (Å²) in [7, 11) is 0. The van der Waals surface area contributed by atoms with E-state index < -0.39 is 11.7 Å². The molecule has 1 heterocycles. The summed E-state index contributed by atoms with van der Waals surface area (Å²) in [6.07, 6.45) is 2.63. The number of alkyl carbamates (subject to hydrolysis) is 1. The molecule has 0 saturated carbocycles. The van der Waals surface area contributed by atoms with E-state index in [4.69, 9.17) is 14.2 Å². The van der Waals surface area contributed by atoms with E-state index in [1.807, 2.05) is 27.7 Å². The van der Waals surface area contributed by atoms with Gasteiger partial charge in [-0.2, -0.15) is 0 Å². The first-order valence-corrected chi connectivity index (χ1v) is 6.59. The summed E-state index contributed by atoms with van der Waals surface area (Å²) in [5.74, 6) is 0. The highest BCUT2D eigenvalue weighted by Crippen LogP contribution is 2.13. The molecule has 5 heteroatoms. The minimum absolute atomic E-state index is 0.0922. The van der Waals surface area contributed by atoms with Gasteiger partial charge in [-0.25, -0.2) is 4.79 Å². The van der Waals surface area contributed by atoms with Crippen molar-refractivity contribution in [3.8, 4) is 0 Å². The fourth-order valence-electron chi connectivity index (χ4n) is 1.64. The Bertz CT molecular complexity index is 256. The summed E-state index contributed by atoms with van der Waals surface area (Å²) in [6, 6.07) is -0.0922. The molecular formula is C13H25NO4. The van der Waals surface area contributed by atoms with Crippen molar-refractivity contribution >= 4 is 6.09 Å². The maximum atomic E-state index is 11.5. The van der Waals surface area contributed by atoms with Gasteiger partial charge in [0, 0.05) is 6.61 Å². The molecule has 0 aromatic carbocycles. The van der Waals surface area contributed by atoms with Gasteiger partial charge in [-0.15, -0.1) is 0 Å². The van der Waals surface area contributed by atoms with Gasteiger partial charge in [0.1, 0.15) is 5.60 Å². The van der Waals surface area contributed by atoms with Crippen LogP contribution < -0.4 is 5.32 Å². The summed E-state index contributed by atoms with van der Waals surface area (Å²) >= 11 is 0. The van der Waals surface area contributed by atoms with Gasteiger partial charge in [-0.1, -0.05) is 0 Å². The fourth-order valence-corrected chi connectivity index (χ4v) is 1.64. The first-order chi connectivity index (χ1) is 8.37. The van der Waals surface area contributed by atoms with Crippen LogP contribution >= 0.6 is 0 Å². The molecule has 1 aliphatic heterocycles. The number of carbonyl (C=O) groups is 1. The van der Waals surface area contributed by atoms with Crippen molar-refractivity contribution < 1.29 is 19.0 Å². The zero-order valence-electron chi connectivity index (χ0n) is 11.8. The van der Waals surface area contributed by atoms with Gasteiger partial charge < -0.3 is 19.5 Å². The maximum Gasteiger partial charge on any atom is 0.407 e. The first kappa shape index (κ1) is 15.2. The van der Waals surface area contributed by atoms with E-state index in [0.29, 0.717) is 6.61 Å². The Morgan fingerprint density at radius 3 is 2.72 bits per heavy atom. The third-order valence-corrected chi connectivity index (χ3v) is 2.43. The van der Waals surface area contributed by atoms with E-state index in [9.17, 15) is 4.79 Å². The molecule has 1 unspecified atom stereocenters. The number of ether oxygens (including phenoxy) is 3. The van der Waals surface area contributed by atoms with E-state index in [1.54, 1.807) is 0 Å². The summed E-state index contributed by atoms with van der Waals surface area (Å²) in [6.45, 7) is 8.59. The molecule has 18 heavy (non-hydrogen) atoms. The molecule has 1 saturated heterocycles. The molecule has 1 N–H and O–H groups in total. The van der Waals surface area contributed by atoms with Gasteiger partial charge in [0.25, 0.3) is 0 Å². The number of rotatable bonds is 4. The van der Waals surface area contributed by atoms with Gasteiger partial charge in [-0.3, -0.25) is 0 Å². The van der Waals surface area contributed by atoms with Gasteiger partial charge in [-0.05, 0) is 47.0 Å². The first-order valence-electron chi connectivity index (χ1n) is 6.59. The van der Waals surface area contributed by atoms with Crippen molar-refractivity contribution in [1.82, 2.24) is 5.32 Å². The van der Waals surface area contributed by atoms with Crippen molar-refractivity contribution in [3.05, 3.63) is 0 Å². The van der Waals surface area contributed by atoms with Crippen LogP contribution in [0.1, 0.15) is 47.0 Å². The third kappa shape index (κ3) is 6.81. The molecule has 0 aromatic heterocycles. The van der Waals surface area contributed by atoms with Gasteiger partial charge in [0.15, 0.2) is 6.29 Å². The number of carbonyl (C=O) groups excluding carboxylic acids is 1. The van der Waals surface area contributed by atoms with Gasteiger partial charge in [0.05, 0.1) is 12.6 Å². The molecule has 1 aliphatic rings. The maximum absolute atomic E-state index is 11.5. The Hall–Kier alpha value is -0.810. The molecule has 0 spiro atoms. The third-order valence-electron chi connectivity index (χ3n) is 2.43.